The highest BCUT2D eigenvalue weighted by Gasteiger charge is 2.36. The van der Waals surface area contributed by atoms with Crippen LogP contribution in [0.25, 0.3) is 10.9 Å². The molecule has 0 aliphatic heterocycles. The van der Waals surface area contributed by atoms with Gasteiger partial charge in [-0.3, -0.25) is 0 Å². The standard InChI is InChI=1S/C17H14F3N3S/c1-23(11-7-9-12(24-2)10-8-11)15-13-5-3-4-6-14(13)21-16(22-15)17(18,19)20/h3-10H,1-2H3. The van der Waals surface area contributed by atoms with Crippen LogP contribution in [0.1, 0.15) is 5.82 Å². The van der Waals surface area contributed by atoms with Gasteiger partial charge in [-0.2, -0.15) is 13.2 Å². The maximum atomic E-state index is 13.1. The molecule has 0 amide bonds. The second kappa shape index (κ2) is 6.32. The third-order valence-corrected chi connectivity index (χ3v) is 4.36. The van der Waals surface area contributed by atoms with Gasteiger partial charge in [-0.15, -0.1) is 11.8 Å². The summed E-state index contributed by atoms with van der Waals surface area (Å²) < 4.78 is 39.3. The minimum atomic E-state index is -4.59. The molecule has 0 atom stereocenters. The molecule has 3 nitrogen and oxygen atoms in total. The zero-order valence-electron chi connectivity index (χ0n) is 13.0. The van der Waals surface area contributed by atoms with Crippen molar-refractivity contribution in [1.82, 2.24) is 9.97 Å². The summed E-state index contributed by atoms with van der Waals surface area (Å²) in [4.78, 5) is 10.1. The van der Waals surface area contributed by atoms with Gasteiger partial charge in [0.1, 0.15) is 5.82 Å². The average molecular weight is 349 g/mol. The van der Waals surface area contributed by atoms with Gasteiger partial charge in [-0.05, 0) is 42.7 Å². The molecular weight excluding hydrogens is 335 g/mol. The van der Waals surface area contributed by atoms with Crippen LogP contribution in [-0.2, 0) is 6.18 Å². The maximum absolute atomic E-state index is 13.1. The smallest absolute Gasteiger partial charge is 0.329 e. The molecule has 2 aromatic carbocycles. The molecule has 1 aromatic heterocycles. The Bertz CT molecular complexity index is 863. The average Bonchev–Trinajstić information content (AvgIpc) is 2.59. The van der Waals surface area contributed by atoms with Crippen LogP contribution in [0.3, 0.4) is 0 Å². The van der Waals surface area contributed by atoms with E-state index in [0.717, 1.165) is 10.6 Å². The van der Waals surface area contributed by atoms with E-state index in [9.17, 15) is 13.2 Å². The lowest BCUT2D eigenvalue weighted by molar-refractivity contribution is -0.144. The fourth-order valence-corrected chi connectivity index (χ4v) is 2.78. The summed E-state index contributed by atoms with van der Waals surface area (Å²) in [6.45, 7) is 0. The third-order valence-electron chi connectivity index (χ3n) is 3.61. The molecule has 0 bridgehead atoms. The zero-order valence-corrected chi connectivity index (χ0v) is 13.8. The summed E-state index contributed by atoms with van der Waals surface area (Å²) in [6, 6.07) is 14.2. The van der Waals surface area contributed by atoms with Crippen molar-refractivity contribution >= 4 is 34.2 Å². The summed E-state index contributed by atoms with van der Waals surface area (Å²) in [7, 11) is 1.70. The van der Waals surface area contributed by atoms with E-state index in [2.05, 4.69) is 9.97 Å². The lowest BCUT2D eigenvalue weighted by atomic mass is 10.2. The number of aromatic nitrogens is 2. The summed E-state index contributed by atoms with van der Waals surface area (Å²) in [5.74, 6) is -0.909. The van der Waals surface area contributed by atoms with Crippen LogP contribution in [0.15, 0.2) is 53.4 Å². The van der Waals surface area contributed by atoms with Crippen molar-refractivity contribution in [2.24, 2.45) is 0 Å². The highest BCUT2D eigenvalue weighted by molar-refractivity contribution is 7.98. The van der Waals surface area contributed by atoms with E-state index in [4.69, 9.17) is 0 Å². The number of fused-ring (bicyclic) bond motifs is 1. The number of thioether (sulfide) groups is 1. The monoisotopic (exact) mass is 349 g/mol. The number of benzene rings is 2. The van der Waals surface area contributed by atoms with Gasteiger partial charge in [0, 0.05) is 23.0 Å². The Kier molecular flexibility index (Phi) is 4.36. The van der Waals surface area contributed by atoms with Crippen molar-refractivity contribution in [3.05, 3.63) is 54.4 Å². The van der Waals surface area contributed by atoms with Gasteiger partial charge in [0.25, 0.3) is 0 Å². The van der Waals surface area contributed by atoms with E-state index >= 15 is 0 Å². The second-order valence-electron chi connectivity index (χ2n) is 5.14. The summed E-state index contributed by atoms with van der Waals surface area (Å²) in [5, 5.41) is 0.571. The van der Waals surface area contributed by atoms with E-state index in [1.165, 1.54) is 0 Å². The molecule has 0 saturated carbocycles. The Morgan fingerprint density at radius 2 is 1.62 bits per heavy atom. The largest absolute Gasteiger partial charge is 0.451 e. The number of alkyl halides is 3. The number of rotatable bonds is 3. The molecule has 7 heteroatoms. The minimum absolute atomic E-state index is 0.227. The van der Waals surface area contributed by atoms with E-state index in [-0.39, 0.29) is 11.3 Å². The Balaban J connectivity index is 2.15. The first kappa shape index (κ1) is 16.6. The van der Waals surface area contributed by atoms with Crippen LogP contribution in [0.4, 0.5) is 24.7 Å². The van der Waals surface area contributed by atoms with Gasteiger partial charge in [-0.1, -0.05) is 12.1 Å². The van der Waals surface area contributed by atoms with Crippen molar-refractivity contribution in [3.63, 3.8) is 0 Å². The van der Waals surface area contributed by atoms with Crippen LogP contribution in [0.5, 0.6) is 0 Å². The maximum Gasteiger partial charge on any atom is 0.451 e. The minimum Gasteiger partial charge on any atom is -0.329 e. The van der Waals surface area contributed by atoms with Crippen molar-refractivity contribution < 1.29 is 13.2 Å². The van der Waals surface area contributed by atoms with Crippen LogP contribution in [0.2, 0.25) is 0 Å². The van der Waals surface area contributed by atoms with E-state index in [1.807, 2.05) is 30.5 Å². The molecule has 3 rings (SSSR count). The van der Waals surface area contributed by atoms with E-state index in [1.54, 1.807) is 48.0 Å². The summed E-state index contributed by atoms with van der Waals surface area (Å²) >= 11 is 1.60. The Hall–Kier alpha value is -2.28. The molecule has 0 aliphatic carbocycles. The van der Waals surface area contributed by atoms with Gasteiger partial charge >= 0.3 is 6.18 Å². The van der Waals surface area contributed by atoms with Gasteiger partial charge in [0.15, 0.2) is 0 Å². The predicted molar refractivity (Wildman–Crippen MR) is 90.8 cm³/mol. The molecule has 0 N–H and O–H groups in total. The van der Waals surface area contributed by atoms with Crippen molar-refractivity contribution in [2.45, 2.75) is 11.1 Å². The van der Waals surface area contributed by atoms with Crippen LogP contribution in [0, 0.1) is 0 Å². The Morgan fingerprint density at radius 3 is 2.25 bits per heavy atom. The number of para-hydroxylation sites is 1. The second-order valence-corrected chi connectivity index (χ2v) is 6.02. The number of nitrogens with zero attached hydrogens (tertiary/aromatic N) is 3. The summed E-state index contributed by atoms with van der Waals surface area (Å²) in [6.07, 6.45) is -2.63. The van der Waals surface area contributed by atoms with E-state index < -0.39 is 12.0 Å². The van der Waals surface area contributed by atoms with Gasteiger partial charge in [0.05, 0.1) is 5.52 Å². The van der Waals surface area contributed by atoms with Crippen molar-refractivity contribution in [2.75, 3.05) is 18.2 Å². The molecule has 124 valence electrons. The topological polar surface area (TPSA) is 29.0 Å². The van der Waals surface area contributed by atoms with Crippen LogP contribution in [-0.4, -0.2) is 23.3 Å². The molecule has 1 heterocycles. The number of hydrogen-bond acceptors (Lipinski definition) is 4. The predicted octanol–water partition coefficient (Wildman–Crippen LogP) is 5.14. The third kappa shape index (κ3) is 3.17. The Labute approximate surface area is 141 Å². The number of halogens is 3. The van der Waals surface area contributed by atoms with E-state index in [0.29, 0.717) is 5.39 Å². The van der Waals surface area contributed by atoms with Gasteiger partial charge < -0.3 is 4.90 Å². The normalized spacial score (nSPS) is 11.7. The van der Waals surface area contributed by atoms with Crippen LogP contribution < -0.4 is 4.90 Å². The molecule has 0 unspecified atom stereocenters. The fourth-order valence-electron chi connectivity index (χ4n) is 2.37. The zero-order chi connectivity index (χ0) is 17.3. The first-order valence-electron chi connectivity index (χ1n) is 7.12. The number of hydrogen-bond donors (Lipinski definition) is 0. The highest BCUT2D eigenvalue weighted by atomic mass is 32.2. The first-order chi connectivity index (χ1) is 11.4. The van der Waals surface area contributed by atoms with Crippen molar-refractivity contribution in [3.8, 4) is 0 Å². The molecule has 0 aliphatic rings. The molecule has 24 heavy (non-hydrogen) atoms. The molecule has 0 spiro atoms. The molecule has 0 saturated heterocycles. The molecule has 0 radical (unpaired) electrons. The molecular formula is C17H14F3N3S. The Morgan fingerprint density at radius 1 is 0.958 bits per heavy atom. The van der Waals surface area contributed by atoms with Gasteiger partial charge in [-0.25, -0.2) is 9.97 Å². The fraction of sp³-hybridized carbons (Fsp3) is 0.176. The highest BCUT2D eigenvalue weighted by Crippen LogP contribution is 2.34. The summed E-state index contributed by atoms with van der Waals surface area (Å²) in [5.41, 5.74) is 1.02. The molecule has 0 fully saturated rings. The lowest BCUT2D eigenvalue weighted by Gasteiger charge is -2.21. The number of anilines is 2. The first-order valence-corrected chi connectivity index (χ1v) is 8.34. The van der Waals surface area contributed by atoms with Gasteiger partial charge in [0.2, 0.25) is 5.82 Å². The SMILES string of the molecule is CSc1ccc(N(C)c2nc(C(F)(F)F)nc3ccccc23)cc1. The quantitative estimate of drug-likeness (QED) is 0.612. The van der Waals surface area contributed by atoms with Crippen LogP contribution >= 0.6 is 11.8 Å². The lowest BCUT2D eigenvalue weighted by Crippen LogP contribution is -2.17. The van der Waals surface area contributed by atoms with Crippen molar-refractivity contribution in [1.29, 1.82) is 0 Å². The molecule has 3 aromatic rings.